The summed E-state index contributed by atoms with van der Waals surface area (Å²) in [5.41, 5.74) is 0.632. The molecule has 0 aliphatic carbocycles. The van der Waals surface area contributed by atoms with Crippen LogP contribution >= 0.6 is 0 Å². The summed E-state index contributed by atoms with van der Waals surface area (Å²) >= 11 is 0. The molecule has 0 aliphatic heterocycles. The van der Waals surface area contributed by atoms with Gasteiger partial charge in [-0.3, -0.25) is 4.79 Å². The topological polar surface area (TPSA) is 45.8 Å². The second-order valence-corrected chi connectivity index (χ2v) is 3.45. The molecule has 1 aromatic heterocycles. The van der Waals surface area contributed by atoms with Crippen LogP contribution in [0.4, 0.5) is 4.39 Å². The fraction of sp³-hybridized carbons (Fsp3) is 0.273. The molecule has 0 spiro atoms. The zero-order chi connectivity index (χ0) is 11.0. The fourth-order valence-corrected chi connectivity index (χ4v) is 1.59. The Kier molecular flexibility index (Phi) is 2.26. The number of aromatic nitrogens is 2. The third kappa shape index (κ3) is 1.52. The third-order valence-electron chi connectivity index (χ3n) is 2.40. The van der Waals surface area contributed by atoms with Crippen LogP contribution in [0.25, 0.3) is 10.9 Å². The van der Waals surface area contributed by atoms with Crippen molar-refractivity contribution in [3.63, 3.8) is 0 Å². The zero-order valence-corrected chi connectivity index (χ0v) is 8.60. The third-order valence-corrected chi connectivity index (χ3v) is 2.40. The molecule has 0 fully saturated rings. The Morgan fingerprint density at radius 1 is 1.47 bits per heavy atom. The Morgan fingerprint density at radius 3 is 2.87 bits per heavy atom. The smallest absolute Gasteiger partial charge is 0.259 e. The molecule has 1 heterocycles. The van der Waals surface area contributed by atoms with E-state index in [9.17, 15) is 9.18 Å². The maximum atomic E-state index is 13.4. The van der Waals surface area contributed by atoms with Gasteiger partial charge in [0.25, 0.3) is 5.56 Å². The van der Waals surface area contributed by atoms with Crippen molar-refractivity contribution < 1.29 is 4.39 Å². The molecule has 2 aromatic rings. The molecule has 4 heteroatoms. The lowest BCUT2D eigenvalue weighted by Crippen LogP contribution is -2.13. The first kappa shape index (κ1) is 9.83. The summed E-state index contributed by atoms with van der Waals surface area (Å²) in [6.07, 6.45) is 0.582. The number of H-pyrrole nitrogens is 1. The molecule has 1 N–H and O–H groups in total. The van der Waals surface area contributed by atoms with E-state index < -0.39 is 5.82 Å². The minimum absolute atomic E-state index is 0.163. The number of hydrogen-bond donors (Lipinski definition) is 1. The predicted octanol–water partition coefficient (Wildman–Crippen LogP) is 1.93. The lowest BCUT2D eigenvalue weighted by Gasteiger charge is -2.03. The molecule has 0 amide bonds. The van der Waals surface area contributed by atoms with Crippen molar-refractivity contribution in [2.75, 3.05) is 0 Å². The van der Waals surface area contributed by atoms with Crippen molar-refractivity contribution in [2.45, 2.75) is 20.3 Å². The van der Waals surface area contributed by atoms with E-state index in [0.717, 1.165) is 5.56 Å². The average molecular weight is 206 g/mol. The molecule has 0 radical (unpaired) electrons. The van der Waals surface area contributed by atoms with Gasteiger partial charge in [-0.15, -0.1) is 0 Å². The fourth-order valence-electron chi connectivity index (χ4n) is 1.59. The molecule has 0 unspecified atom stereocenters. The molecule has 0 saturated heterocycles. The van der Waals surface area contributed by atoms with Crippen LogP contribution in [-0.4, -0.2) is 9.97 Å². The number of aromatic amines is 1. The zero-order valence-electron chi connectivity index (χ0n) is 8.60. The number of halogens is 1. The van der Waals surface area contributed by atoms with Crippen molar-refractivity contribution in [3.05, 3.63) is 39.7 Å². The van der Waals surface area contributed by atoms with Gasteiger partial charge >= 0.3 is 0 Å². The first-order valence-electron chi connectivity index (χ1n) is 4.81. The molecular weight excluding hydrogens is 195 g/mol. The highest BCUT2D eigenvalue weighted by Gasteiger charge is 2.09. The van der Waals surface area contributed by atoms with Crippen LogP contribution in [0.3, 0.4) is 0 Å². The maximum Gasteiger partial charge on any atom is 0.259 e. The number of nitrogens with one attached hydrogen (secondary N) is 1. The van der Waals surface area contributed by atoms with Crippen molar-refractivity contribution in [3.8, 4) is 0 Å². The van der Waals surface area contributed by atoms with Crippen LogP contribution < -0.4 is 5.56 Å². The van der Waals surface area contributed by atoms with Gasteiger partial charge in [-0.2, -0.15) is 0 Å². The van der Waals surface area contributed by atoms with Crippen LogP contribution in [0.1, 0.15) is 18.3 Å². The lowest BCUT2D eigenvalue weighted by atomic mass is 10.1. The van der Waals surface area contributed by atoms with E-state index in [1.54, 1.807) is 13.0 Å². The van der Waals surface area contributed by atoms with Gasteiger partial charge in [0.1, 0.15) is 17.2 Å². The highest BCUT2D eigenvalue weighted by Crippen LogP contribution is 2.15. The molecular formula is C11H11FN2O. The summed E-state index contributed by atoms with van der Waals surface area (Å²) in [5, 5.41) is 0.340. The Hall–Kier alpha value is -1.71. The standard InChI is InChI=1S/C11H11FN2O/c1-3-8-13-10-7(12)5-4-6(2)9(10)11(15)14-8/h4-5H,3H2,1-2H3,(H,13,14,15). The Bertz CT molecular complexity index is 575. The average Bonchev–Trinajstić information content (AvgIpc) is 2.23. The Labute approximate surface area is 86.0 Å². The lowest BCUT2D eigenvalue weighted by molar-refractivity contribution is 0.635. The molecule has 0 saturated carbocycles. The molecule has 0 aliphatic rings. The summed E-state index contributed by atoms with van der Waals surface area (Å²) in [6, 6.07) is 2.92. The highest BCUT2D eigenvalue weighted by molar-refractivity contribution is 5.81. The number of nitrogens with zero attached hydrogens (tertiary/aromatic N) is 1. The van der Waals surface area contributed by atoms with Crippen LogP contribution in [-0.2, 0) is 6.42 Å². The van der Waals surface area contributed by atoms with Gasteiger partial charge in [0.2, 0.25) is 0 Å². The van der Waals surface area contributed by atoms with Gasteiger partial charge < -0.3 is 4.98 Å². The molecule has 0 bridgehead atoms. The summed E-state index contributed by atoms with van der Waals surface area (Å²) in [7, 11) is 0. The number of fused-ring (bicyclic) bond motifs is 1. The minimum Gasteiger partial charge on any atom is -0.310 e. The SMILES string of the molecule is CCc1nc2c(F)ccc(C)c2c(=O)[nH]1. The largest absolute Gasteiger partial charge is 0.310 e. The van der Waals surface area contributed by atoms with E-state index in [-0.39, 0.29) is 11.1 Å². The van der Waals surface area contributed by atoms with Crippen LogP contribution in [0.15, 0.2) is 16.9 Å². The normalized spacial score (nSPS) is 10.9. The summed E-state index contributed by atoms with van der Waals surface area (Å²) in [6.45, 7) is 3.63. The van der Waals surface area contributed by atoms with Crippen molar-refractivity contribution in [1.82, 2.24) is 9.97 Å². The predicted molar refractivity (Wildman–Crippen MR) is 56.4 cm³/mol. The number of aryl methyl sites for hydroxylation is 2. The van der Waals surface area contributed by atoms with Crippen molar-refractivity contribution in [2.24, 2.45) is 0 Å². The van der Waals surface area contributed by atoms with Gasteiger partial charge in [0, 0.05) is 6.42 Å². The van der Waals surface area contributed by atoms with E-state index in [0.29, 0.717) is 17.6 Å². The van der Waals surface area contributed by atoms with Gasteiger partial charge in [-0.1, -0.05) is 13.0 Å². The molecule has 15 heavy (non-hydrogen) atoms. The minimum atomic E-state index is -0.448. The van der Waals surface area contributed by atoms with Crippen molar-refractivity contribution in [1.29, 1.82) is 0 Å². The second-order valence-electron chi connectivity index (χ2n) is 3.45. The van der Waals surface area contributed by atoms with Gasteiger partial charge in [-0.05, 0) is 18.6 Å². The Balaban J connectivity index is 2.97. The van der Waals surface area contributed by atoms with Crippen LogP contribution in [0.5, 0.6) is 0 Å². The van der Waals surface area contributed by atoms with Crippen molar-refractivity contribution >= 4 is 10.9 Å². The quantitative estimate of drug-likeness (QED) is 0.774. The Morgan fingerprint density at radius 2 is 2.20 bits per heavy atom. The van der Waals surface area contributed by atoms with E-state index >= 15 is 0 Å². The van der Waals surface area contributed by atoms with E-state index in [4.69, 9.17) is 0 Å². The second kappa shape index (κ2) is 3.46. The number of benzene rings is 1. The number of rotatable bonds is 1. The maximum absolute atomic E-state index is 13.4. The summed E-state index contributed by atoms with van der Waals surface area (Å²) < 4.78 is 13.4. The van der Waals surface area contributed by atoms with E-state index in [1.165, 1.54) is 6.07 Å². The van der Waals surface area contributed by atoms with Gasteiger partial charge in [0.05, 0.1) is 5.39 Å². The summed E-state index contributed by atoms with van der Waals surface area (Å²) in [4.78, 5) is 18.4. The van der Waals surface area contributed by atoms with E-state index in [1.807, 2.05) is 6.92 Å². The monoisotopic (exact) mass is 206 g/mol. The molecule has 78 valence electrons. The van der Waals surface area contributed by atoms with Gasteiger partial charge in [-0.25, -0.2) is 9.37 Å². The number of hydrogen-bond acceptors (Lipinski definition) is 2. The molecule has 2 rings (SSSR count). The van der Waals surface area contributed by atoms with E-state index in [2.05, 4.69) is 9.97 Å². The van der Waals surface area contributed by atoms with Crippen LogP contribution in [0.2, 0.25) is 0 Å². The molecule has 1 aromatic carbocycles. The van der Waals surface area contributed by atoms with Gasteiger partial charge in [0.15, 0.2) is 0 Å². The van der Waals surface area contributed by atoms with Crippen LogP contribution in [0, 0.1) is 12.7 Å². The highest BCUT2D eigenvalue weighted by atomic mass is 19.1. The summed E-state index contributed by atoms with van der Waals surface area (Å²) in [5.74, 6) is 0.0633. The molecule has 0 atom stereocenters. The first-order valence-corrected chi connectivity index (χ1v) is 4.81. The first-order chi connectivity index (χ1) is 7.13. The molecule has 3 nitrogen and oxygen atoms in total.